The van der Waals surface area contributed by atoms with Crippen LogP contribution in [0, 0.1) is 52.3 Å². The average Bonchev–Trinajstić information content (AvgIpc) is 3.03. The van der Waals surface area contributed by atoms with E-state index in [0.717, 1.165) is 54.3 Å². The van der Waals surface area contributed by atoms with E-state index in [1.165, 1.54) is 51.4 Å². The minimum absolute atomic E-state index is 0.0790. The van der Waals surface area contributed by atoms with Gasteiger partial charge in [0.05, 0.1) is 6.10 Å². The van der Waals surface area contributed by atoms with Crippen LogP contribution in [0.4, 0.5) is 0 Å². The van der Waals surface area contributed by atoms with Crippen LogP contribution in [-0.4, -0.2) is 11.2 Å². The zero-order valence-electron chi connectivity index (χ0n) is 20.2. The monoisotopic (exact) mass is 400 g/mol. The van der Waals surface area contributed by atoms with E-state index in [9.17, 15) is 5.11 Å². The molecule has 166 valence electrons. The maximum absolute atomic E-state index is 10.2. The normalized spacial score (nSPS) is 46.5. The number of aliphatic hydroxyl groups excluding tert-OH is 1. The first kappa shape index (κ1) is 21.9. The molecule has 4 aliphatic carbocycles. The quantitative estimate of drug-likeness (QED) is 0.470. The van der Waals surface area contributed by atoms with E-state index >= 15 is 0 Å². The molecule has 29 heavy (non-hydrogen) atoms. The summed E-state index contributed by atoms with van der Waals surface area (Å²) in [5.74, 6) is 6.24. The van der Waals surface area contributed by atoms with E-state index in [1.807, 2.05) is 0 Å². The molecule has 0 aromatic rings. The minimum atomic E-state index is -0.0790. The first-order valence-electron chi connectivity index (χ1n) is 13.0. The smallest absolute Gasteiger partial charge is 0.0577 e. The van der Waals surface area contributed by atoms with Crippen LogP contribution in [0.3, 0.4) is 0 Å². The van der Waals surface area contributed by atoms with Crippen molar-refractivity contribution in [1.29, 1.82) is 0 Å². The van der Waals surface area contributed by atoms with Gasteiger partial charge in [-0.1, -0.05) is 66.0 Å². The molecule has 1 nitrogen and oxygen atoms in total. The molecule has 0 spiro atoms. The van der Waals surface area contributed by atoms with E-state index in [0.29, 0.717) is 10.8 Å². The van der Waals surface area contributed by atoms with E-state index in [-0.39, 0.29) is 6.10 Å². The van der Waals surface area contributed by atoms with Crippen molar-refractivity contribution < 1.29 is 5.11 Å². The molecule has 0 bridgehead atoms. The SMILES string of the molecule is CC(C)C(C)CC[C@H](C)[C@H]1CC[C@H]2[C@@H]3CC=C4C[C@@H](O)CC[C@]4(C)[C@H]3CC[C@]12C. The second-order valence-corrected chi connectivity index (χ2v) is 12.7. The molecule has 0 aromatic heterocycles. The molecule has 1 unspecified atom stereocenters. The van der Waals surface area contributed by atoms with Crippen molar-refractivity contribution in [1.82, 2.24) is 0 Å². The number of aliphatic hydroxyl groups is 1. The molecule has 4 rings (SSSR count). The van der Waals surface area contributed by atoms with Crippen molar-refractivity contribution in [3.05, 3.63) is 11.6 Å². The van der Waals surface area contributed by atoms with E-state index in [2.05, 4.69) is 47.6 Å². The number of hydrogen-bond donors (Lipinski definition) is 1. The largest absolute Gasteiger partial charge is 0.393 e. The third kappa shape index (κ3) is 3.66. The van der Waals surface area contributed by atoms with Gasteiger partial charge in [0.2, 0.25) is 0 Å². The summed E-state index contributed by atoms with van der Waals surface area (Å²) >= 11 is 0. The second kappa shape index (κ2) is 7.99. The van der Waals surface area contributed by atoms with Crippen molar-refractivity contribution in [2.45, 2.75) is 112 Å². The zero-order valence-corrected chi connectivity index (χ0v) is 20.2. The van der Waals surface area contributed by atoms with Crippen LogP contribution in [0.1, 0.15) is 106 Å². The fraction of sp³-hybridized carbons (Fsp3) is 0.929. The van der Waals surface area contributed by atoms with Crippen LogP contribution in [0.2, 0.25) is 0 Å². The maximum atomic E-state index is 10.2. The van der Waals surface area contributed by atoms with Crippen molar-refractivity contribution in [3.8, 4) is 0 Å². The topological polar surface area (TPSA) is 20.2 Å². The van der Waals surface area contributed by atoms with E-state index in [1.54, 1.807) is 5.57 Å². The number of rotatable bonds is 5. The van der Waals surface area contributed by atoms with Crippen LogP contribution in [-0.2, 0) is 0 Å². The first-order valence-corrected chi connectivity index (χ1v) is 13.0. The highest BCUT2D eigenvalue weighted by Gasteiger charge is 2.59. The summed E-state index contributed by atoms with van der Waals surface area (Å²) in [5, 5.41) is 10.2. The van der Waals surface area contributed by atoms with E-state index < -0.39 is 0 Å². The molecular weight excluding hydrogens is 352 g/mol. The Labute approximate surface area is 181 Å². The molecule has 0 saturated heterocycles. The first-order chi connectivity index (χ1) is 13.7. The molecule has 1 N–H and O–H groups in total. The second-order valence-electron chi connectivity index (χ2n) is 12.7. The lowest BCUT2D eigenvalue weighted by molar-refractivity contribution is -0.0574. The Hall–Kier alpha value is -0.300. The summed E-state index contributed by atoms with van der Waals surface area (Å²) in [6, 6.07) is 0. The van der Waals surface area contributed by atoms with Crippen LogP contribution >= 0.6 is 0 Å². The van der Waals surface area contributed by atoms with Gasteiger partial charge in [0.25, 0.3) is 0 Å². The van der Waals surface area contributed by atoms with Gasteiger partial charge in [0, 0.05) is 0 Å². The van der Waals surface area contributed by atoms with Crippen LogP contribution in [0.5, 0.6) is 0 Å². The maximum Gasteiger partial charge on any atom is 0.0577 e. The molecule has 1 heteroatoms. The van der Waals surface area contributed by atoms with Crippen LogP contribution < -0.4 is 0 Å². The Balaban J connectivity index is 1.49. The molecule has 3 saturated carbocycles. The molecule has 9 atom stereocenters. The lowest BCUT2D eigenvalue weighted by atomic mass is 9.47. The fourth-order valence-electron chi connectivity index (χ4n) is 8.68. The van der Waals surface area contributed by atoms with Crippen molar-refractivity contribution >= 4 is 0 Å². The molecular formula is C28H48O. The summed E-state index contributed by atoms with van der Waals surface area (Å²) in [4.78, 5) is 0. The van der Waals surface area contributed by atoms with E-state index in [4.69, 9.17) is 0 Å². The highest BCUT2D eigenvalue weighted by Crippen LogP contribution is 2.67. The Bertz CT molecular complexity index is 620. The minimum Gasteiger partial charge on any atom is -0.393 e. The molecule has 0 radical (unpaired) electrons. The van der Waals surface area contributed by atoms with Gasteiger partial charge >= 0.3 is 0 Å². The third-order valence-corrected chi connectivity index (χ3v) is 11.1. The lowest BCUT2D eigenvalue weighted by Crippen LogP contribution is -2.50. The Morgan fingerprint density at radius 3 is 2.45 bits per heavy atom. The van der Waals surface area contributed by atoms with Crippen molar-refractivity contribution in [2.75, 3.05) is 0 Å². The van der Waals surface area contributed by atoms with Crippen LogP contribution in [0.25, 0.3) is 0 Å². The Morgan fingerprint density at radius 2 is 1.72 bits per heavy atom. The van der Waals surface area contributed by atoms with Gasteiger partial charge in [-0.25, -0.2) is 0 Å². The summed E-state index contributed by atoms with van der Waals surface area (Å²) in [7, 11) is 0. The lowest BCUT2D eigenvalue weighted by Gasteiger charge is -2.58. The summed E-state index contributed by atoms with van der Waals surface area (Å²) < 4.78 is 0. The van der Waals surface area contributed by atoms with Gasteiger partial charge in [-0.05, 0) is 104 Å². The third-order valence-electron chi connectivity index (χ3n) is 11.1. The Morgan fingerprint density at radius 1 is 0.966 bits per heavy atom. The van der Waals surface area contributed by atoms with Crippen molar-refractivity contribution in [2.24, 2.45) is 52.3 Å². The molecule has 0 heterocycles. The van der Waals surface area contributed by atoms with Gasteiger partial charge in [-0.3, -0.25) is 0 Å². The number of fused-ring (bicyclic) bond motifs is 5. The van der Waals surface area contributed by atoms with Gasteiger partial charge in [-0.15, -0.1) is 0 Å². The predicted octanol–water partition coefficient (Wildman–Crippen LogP) is 7.63. The standard InChI is InChI=1S/C28H48O/c1-18(2)19(3)7-8-20(4)24-11-12-25-23-10-9-21-17-22(29)13-15-27(21,5)26(23)14-16-28(24,25)6/h9,18-20,22-26,29H,7-8,10-17H2,1-6H3/t19?,20-,22-,23-,24+,25-,26-,27-,28+/m0/s1. The van der Waals surface area contributed by atoms with Crippen molar-refractivity contribution in [3.63, 3.8) is 0 Å². The number of hydrogen-bond acceptors (Lipinski definition) is 1. The van der Waals surface area contributed by atoms with Gasteiger partial charge in [-0.2, -0.15) is 0 Å². The molecule has 4 aliphatic rings. The summed E-state index contributed by atoms with van der Waals surface area (Å²) in [6.45, 7) is 15.1. The molecule has 0 aliphatic heterocycles. The highest BCUT2D eigenvalue weighted by molar-refractivity contribution is 5.25. The number of allylic oxidation sites excluding steroid dienone is 1. The Kier molecular flexibility index (Phi) is 6.04. The van der Waals surface area contributed by atoms with Gasteiger partial charge < -0.3 is 5.11 Å². The fourth-order valence-corrected chi connectivity index (χ4v) is 8.68. The van der Waals surface area contributed by atoms with Gasteiger partial charge in [0.15, 0.2) is 0 Å². The predicted molar refractivity (Wildman–Crippen MR) is 124 cm³/mol. The average molecular weight is 401 g/mol. The van der Waals surface area contributed by atoms with Gasteiger partial charge in [0.1, 0.15) is 0 Å². The van der Waals surface area contributed by atoms with Crippen LogP contribution in [0.15, 0.2) is 11.6 Å². The summed E-state index contributed by atoms with van der Waals surface area (Å²) in [5.41, 5.74) is 2.59. The summed E-state index contributed by atoms with van der Waals surface area (Å²) in [6.07, 6.45) is 15.7. The highest BCUT2D eigenvalue weighted by atomic mass is 16.3. The molecule has 0 amide bonds. The molecule has 3 fully saturated rings. The zero-order chi connectivity index (χ0) is 21.0. The molecule has 0 aromatic carbocycles.